The highest BCUT2D eigenvalue weighted by atomic mass is 16.4. The van der Waals surface area contributed by atoms with Crippen LogP contribution in [0.1, 0.15) is 30.0 Å². The Bertz CT molecular complexity index is 1600. The van der Waals surface area contributed by atoms with Crippen LogP contribution in [-0.4, -0.2) is 42.1 Å². The van der Waals surface area contributed by atoms with Crippen LogP contribution in [0.3, 0.4) is 0 Å². The number of carbonyl (C=O) groups is 1. The minimum absolute atomic E-state index is 0.116. The molecule has 0 saturated heterocycles. The number of amides is 1. The predicted molar refractivity (Wildman–Crippen MR) is 132 cm³/mol. The van der Waals surface area contributed by atoms with Gasteiger partial charge in [0.25, 0.3) is 6.01 Å². The smallest absolute Gasteiger partial charge is 0.292 e. The van der Waals surface area contributed by atoms with E-state index in [1.165, 1.54) is 17.5 Å². The van der Waals surface area contributed by atoms with E-state index < -0.39 is 0 Å². The fourth-order valence-electron chi connectivity index (χ4n) is 4.75. The third-order valence-corrected chi connectivity index (χ3v) is 6.51. The molecule has 6 rings (SSSR count). The second-order valence-electron chi connectivity index (χ2n) is 8.72. The van der Waals surface area contributed by atoms with Crippen LogP contribution in [-0.2, 0) is 24.3 Å². The van der Waals surface area contributed by atoms with Crippen molar-refractivity contribution in [3.63, 3.8) is 0 Å². The maximum atomic E-state index is 12.1. The first-order valence-corrected chi connectivity index (χ1v) is 11.5. The van der Waals surface area contributed by atoms with Crippen LogP contribution in [0.4, 0.5) is 11.8 Å². The predicted octanol–water partition coefficient (Wildman–Crippen LogP) is 3.14. The molecule has 0 bridgehead atoms. The van der Waals surface area contributed by atoms with Crippen molar-refractivity contribution < 1.29 is 9.21 Å². The fourth-order valence-corrected chi connectivity index (χ4v) is 4.75. The van der Waals surface area contributed by atoms with E-state index in [1.54, 1.807) is 0 Å². The van der Waals surface area contributed by atoms with Crippen LogP contribution < -0.4 is 11.5 Å². The number of hydrogen-bond acceptors (Lipinski definition) is 8. The normalized spacial score (nSPS) is 13.5. The summed E-state index contributed by atoms with van der Waals surface area (Å²) >= 11 is 0. The van der Waals surface area contributed by atoms with E-state index in [0.717, 1.165) is 24.1 Å². The van der Waals surface area contributed by atoms with Gasteiger partial charge >= 0.3 is 0 Å². The Kier molecular flexibility index (Phi) is 4.87. The van der Waals surface area contributed by atoms with Crippen LogP contribution in [0.2, 0.25) is 0 Å². The highest BCUT2D eigenvalue weighted by Crippen LogP contribution is 2.33. The van der Waals surface area contributed by atoms with E-state index in [9.17, 15) is 4.79 Å². The Labute approximate surface area is 200 Å². The molecule has 0 aliphatic carbocycles. The van der Waals surface area contributed by atoms with E-state index in [2.05, 4.69) is 33.2 Å². The van der Waals surface area contributed by atoms with Gasteiger partial charge in [-0.2, -0.15) is 10.1 Å². The van der Waals surface area contributed by atoms with Gasteiger partial charge in [0.05, 0.1) is 11.9 Å². The molecule has 0 saturated carbocycles. The first kappa shape index (κ1) is 21.1. The Hall–Kier alpha value is -4.47. The number of carbonyl (C=O) groups excluding carboxylic acids is 1. The lowest BCUT2D eigenvalue weighted by Crippen LogP contribution is -2.35. The maximum Gasteiger partial charge on any atom is 0.292 e. The Morgan fingerprint density at radius 3 is 2.86 bits per heavy atom. The zero-order valence-corrected chi connectivity index (χ0v) is 19.2. The third-order valence-electron chi connectivity index (χ3n) is 6.51. The summed E-state index contributed by atoms with van der Waals surface area (Å²) < 4.78 is 7.24. The summed E-state index contributed by atoms with van der Waals surface area (Å²) in [6, 6.07) is 12.1. The van der Waals surface area contributed by atoms with Crippen molar-refractivity contribution in [2.45, 2.75) is 32.9 Å². The summed E-state index contributed by atoms with van der Waals surface area (Å²) in [6.45, 7) is 3.84. The van der Waals surface area contributed by atoms with Crippen molar-refractivity contribution in [2.24, 2.45) is 0 Å². The molecule has 4 N–H and O–H groups in total. The van der Waals surface area contributed by atoms with E-state index in [-0.39, 0.29) is 11.9 Å². The van der Waals surface area contributed by atoms with Gasteiger partial charge in [-0.3, -0.25) is 4.79 Å². The second kappa shape index (κ2) is 8.08. The Balaban J connectivity index is 1.37. The van der Waals surface area contributed by atoms with Crippen molar-refractivity contribution in [3.05, 3.63) is 59.4 Å². The zero-order chi connectivity index (χ0) is 24.1. The lowest BCUT2D eigenvalue weighted by atomic mass is 9.97. The number of benzene rings is 2. The van der Waals surface area contributed by atoms with E-state index in [4.69, 9.17) is 21.0 Å². The quantitative estimate of drug-likeness (QED) is 0.410. The number of hydrogen-bond donors (Lipinski definition) is 2. The van der Waals surface area contributed by atoms with Gasteiger partial charge in [0.1, 0.15) is 23.4 Å². The second-order valence-corrected chi connectivity index (χ2v) is 8.72. The first-order valence-electron chi connectivity index (χ1n) is 11.5. The monoisotopic (exact) mass is 468 g/mol. The molecule has 0 atom stereocenters. The lowest BCUT2D eigenvalue weighted by Gasteiger charge is -2.29. The highest BCUT2D eigenvalue weighted by Gasteiger charge is 2.21. The van der Waals surface area contributed by atoms with E-state index >= 15 is 0 Å². The number of nitrogens with zero attached hydrogens (tertiary/aromatic N) is 6. The van der Waals surface area contributed by atoms with Crippen molar-refractivity contribution in [1.29, 1.82) is 0 Å². The van der Waals surface area contributed by atoms with E-state index in [1.807, 2.05) is 34.7 Å². The highest BCUT2D eigenvalue weighted by molar-refractivity contribution is 5.99. The molecule has 1 aliphatic heterocycles. The summed E-state index contributed by atoms with van der Waals surface area (Å²) in [5, 5.41) is 5.57. The number of anilines is 2. The average Bonchev–Trinajstić information content (AvgIpc) is 3.43. The van der Waals surface area contributed by atoms with Crippen molar-refractivity contribution in [2.75, 3.05) is 18.0 Å². The van der Waals surface area contributed by atoms with E-state index in [0.29, 0.717) is 53.2 Å². The average molecular weight is 469 g/mol. The number of oxazole rings is 1. The summed E-state index contributed by atoms with van der Waals surface area (Å²) in [5.41, 5.74) is 18.9. The molecule has 3 aromatic heterocycles. The first-order chi connectivity index (χ1) is 17.0. The molecule has 0 radical (unpaired) electrons. The molecule has 5 aromatic rings. The van der Waals surface area contributed by atoms with Gasteiger partial charge in [0, 0.05) is 25.1 Å². The van der Waals surface area contributed by atoms with Gasteiger partial charge < -0.3 is 20.8 Å². The van der Waals surface area contributed by atoms with Gasteiger partial charge in [0.2, 0.25) is 5.91 Å². The lowest BCUT2D eigenvalue weighted by molar-refractivity contribution is -0.131. The summed E-state index contributed by atoms with van der Waals surface area (Å²) in [4.78, 5) is 26.9. The van der Waals surface area contributed by atoms with Gasteiger partial charge in [0.15, 0.2) is 11.2 Å². The number of fused-ring (bicyclic) bond motifs is 3. The van der Waals surface area contributed by atoms with Crippen molar-refractivity contribution >= 4 is 39.9 Å². The number of rotatable bonds is 4. The molecule has 0 fully saturated rings. The van der Waals surface area contributed by atoms with Crippen LogP contribution in [0.25, 0.3) is 33.4 Å². The van der Waals surface area contributed by atoms with Gasteiger partial charge in [-0.1, -0.05) is 25.1 Å². The molecule has 10 nitrogen and oxygen atoms in total. The summed E-state index contributed by atoms with van der Waals surface area (Å²) in [7, 11) is 0. The summed E-state index contributed by atoms with van der Waals surface area (Å²) in [6.07, 6.45) is 2.83. The molecule has 176 valence electrons. The molecular weight excluding hydrogens is 444 g/mol. The van der Waals surface area contributed by atoms with Crippen molar-refractivity contribution in [3.8, 4) is 11.3 Å². The van der Waals surface area contributed by atoms with Crippen LogP contribution in [0, 0.1) is 0 Å². The fraction of sp³-hybridized carbons (Fsp3) is 0.240. The van der Waals surface area contributed by atoms with Crippen LogP contribution >= 0.6 is 0 Å². The third kappa shape index (κ3) is 3.63. The number of nitrogens with two attached hydrogens (primary N) is 2. The van der Waals surface area contributed by atoms with Crippen molar-refractivity contribution in [1.82, 2.24) is 29.6 Å². The molecule has 4 heterocycles. The molecule has 1 aliphatic rings. The molecule has 1 amide bonds. The molecule has 10 heteroatoms. The maximum absolute atomic E-state index is 12.1. The molecular formula is C25H24N8O2. The Morgan fingerprint density at radius 2 is 2.00 bits per heavy atom. The molecule has 2 aromatic carbocycles. The molecule has 0 spiro atoms. The molecule has 35 heavy (non-hydrogen) atoms. The topological polar surface area (TPSA) is 142 Å². The largest absolute Gasteiger partial charge is 0.424 e. The summed E-state index contributed by atoms with van der Waals surface area (Å²) in [5.74, 6) is 0.557. The van der Waals surface area contributed by atoms with Crippen LogP contribution in [0.5, 0.6) is 0 Å². The number of aromatic nitrogens is 5. The zero-order valence-electron chi connectivity index (χ0n) is 19.2. The minimum atomic E-state index is 0.116. The van der Waals surface area contributed by atoms with Crippen LogP contribution in [0.15, 0.2) is 47.1 Å². The Morgan fingerprint density at radius 1 is 1.11 bits per heavy atom. The minimum Gasteiger partial charge on any atom is -0.424 e. The standard InChI is InChI=1S/C25H24N8O2/c1-2-20(34)32-8-7-15-9-14(3-4-17(15)12-32)11-33-24-21(23(26)28-13-29-24)22(31-33)16-5-6-19-18(10-16)30-25(27)35-19/h3-6,9-10,13H,2,7-8,11-12H2,1H3,(H2,27,30)(H2,26,28,29). The van der Waals surface area contributed by atoms with Gasteiger partial charge in [-0.05, 0) is 41.3 Å². The SMILES string of the molecule is CCC(=O)N1CCc2cc(Cn3nc(-c4ccc5oc(N)nc5c4)c4c(N)ncnc43)ccc2C1. The molecule has 0 unspecified atom stereocenters. The van der Waals surface area contributed by atoms with Gasteiger partial charge in [-0.15, -0.1) is 0 Å². The van der Waals surface area contributed by atoms with Gasteiger partial charge in [-0.25, -0.2) is 14.6 Å². The number of nitrogen functional groups attached to an aromatic ring is 2.